The summed E-state index contributed by atoms with van der Waals surface area (Å²) in [5, 5.41) is 10.6. The Hall–Kier alpha value is -1.94. The van der Waals surface area contributed by atoms with Crippen LogP contribution < -0.4 is 0 Å². The molecule has 3 N–H and O–H groups in total. The summed E-state index contributed by atoms with van der Waals surface area (Å²) in [6.45, 7) is 9.64. The fourth-order valence-corrected chi connectivity index (χ4v) is 13.7. The molecule has 0 aromatic heterocycles. The zero-order valence-electron chi connectivity index (χ0n) is 64.1. The smallest absolute Gasteiger partial charge is 0.462 e. The van der Waals surface area contributed by atoms with Gasteiger partial charge in [0.15, 0.2) is 12.2 Å². The van der Waals surface area contributed by atoms with Crippen molar-refractivity contribution in [2.45, 2.75) is 432 Å². The molecule has 6 atom stereocenters. The van der Waals surface area contributed by atoms with Crippen LogP contribution in [0.5, 0.6) is 0 Å². The number of hydrogen-bond acceptors (Lipinski definition) is 15. The molecule has 0 fully saturated rings. The molecule has 0 amide bonds. The zero-order valence-corrected chi connectivity index (χ0v) is 65.9. The minimum atomic E-state index is -4.96. The number of carbonyl (C=O) groups is 4. The van der Waals surface area contributed by atoms with Gasteiger partial charge in [0.05, 0.1) is 26.4 Å². The number of aliphatic hydroxyl groups excluding tert-OH is 1. The molecular formula is C79H154O17P2. The molecule has 19 heteroatoms. The summed E-state index contributed by atoms with van der Waals surface area (Å²) in [5.74, 6) is -0.529. The summed E-state index contributed by atoms with van der Waals surface area (Å²) < 4.78 is 68.6. The van der Waals surface area contributed by atoms with Crippen molar-refractivity contribution in [3.8, 4) is 0 Å². The van der Waals surface area contributed by atoms with Crippen molar-refractivity contribution in [2.24, 2.45) is 11.8 Å². The molecule has 0 aromatic carbocycles. The van der Waals surface area contributed by atoms with Gasteiger partial charge in [-0.2, -0.15) is 0 Å². The second-order valence-corrected chi connectivity index (χ2v) is 32.1. The van der Waals surface area contributed by atoms with Gasteiger partial charge in [-0.05, 0) is 37.5 Å². The molecule has 3 unspecified atom stereocenters. The van der Waals surface area contributed by atoms with Gasteiger partial charge in [-0.25, -0.2) is 9.13 Å². The van der Waals surface area contributed by atoms with Crippen LogP contribution >= 0.6 is 15.6 Å². The predicted octanol–water partition coefficient (Wildman–Crippen LogP) is 23.5. The van der Waals surface area contributed by atoms with Crippen LogP contribution in [0.3, 0.4) is 0 Å². The number of carbonyl (C=O) groups excluding carboxylic acids is 4. The minimum Gasteiger partial charge on any atom is -0.462 e. The second kappa shape index (κ2) is 70.7. The molecule has 0 saturated heterocycles. The molecule has 0 spiro atoms. The van der Waals surface area contributed by atoms with Crippen LogP contribution in [0.1, 0.15) is 414 Å². The molecule has 0 saturated carbocycles. The van der Waals surface area contributed by atoms with Crippen LogP contribution in [0, 0.1) is 11.8 Å². The Labute approximate surface area is 600 Å². The lowest BCUT2D eigenvalue weighted by Gasteiger charge is -2.21. The lowest BCUT2D eigenvalue weighted by atomic mass is 9.99. The van der Waals surface area contributed by atoms with Crippen molar-refractivity contribution < 1.29 is 80.2 Å². The monoisotopic (exact) mass is 1440 g/mol. The van der Waals surface area contributed by atoms with E-state index in [1.165, 1.54) is 231 Å². The normalized spacial score (nSPS) is 14.2. The highest BCUT2D eigenvalue weighted by Gasteiger charge is 2.30. The number of ether oxygens (including phenoxy) is 4. The fraction of sp³-hybridized carbons (Fsp3) is 0.949. The highest BCUT2D eigenvalue weighted by molar-refractivity contribution is 7.47. The van der Waals surface area contributed by atoms with Gasteiger partial charge in [0.2, 0.25) is 0 Å². The number of phosphoric ester groups is 2. The van der Waals surface area contributed by atoms with E-state index in [0.29, 0.717) is 25.7 Å². The molecule has 0 aliphatic carbocycles. The van der Waals surface area contributed by atoms with Gasteiger partial charge in [-0.3, -0.25) is 37.3 Å². The van der Waals surface area contributed by atoms with Crippen molar-refractivity contribution in [3.05, 3.63) is 0 Å². The highest BCUT2D eigenvalue weighted by atomic mass is 31.2. The zero-order chi connectivity index (χ0) is 72.1. The van der Waals surface area contributed by atoms with Crippen LogP contribution in [0.4, 0.5) is 0 Å². The summed E-state index contributed by atoms with van der Waals surface area (Å²) in [4.78, 5) is 72.9. The Morgan fingerprint density at radius 2 is 0.520 bits per heavy atom. The van der Waals surface area contributed by atoms with Crippen LogP contribution in [0.15, 0.2) is 0 Å². The standard InChI is InChI=1S/C79H154O17P2/c1-7-10-12-14-16-18-20-21-22-23-24-25-29-32-38-44-50-56-62-77(82)90-68-74(95-78(83)63-57-51-45-39-33-30-27-26-28-31-36-42-48-54-60-72(6)9-3)69-93-97(85,86)91-65-73(80)66-92-98(87,88)94-70-75(67-89-76(81)61-55-49-43-37-19-17-15-13-11-8-2)96-79(84)64-58-52-46-40-34-35-41-47-53-59-71(4)5/h71-75,80H,7-70H2,1-6H3,(H,85,86)(H,87,88)/t72?,73-,74-,75-/m1/s1. The Kier molecular flexibility index (Phi) is 69.3. The van der Waals surface area contributed by atoms with E-state index in [0.717, 1.165) is 102 Å². The molecule has 98 heavy (non-hydrogen) atoms. The quantitative estimate of drug-likeness (QED) is 0.0222. The number of aliphatic hydroxyl groups is 1. The Bertz CT molecular complexity index is 1890. The van der Waals surface area contributed by atoms with Crippen LogP contribution in [-0.2, 0) is 65.4 Å². The third kappa shape index (κ3) is 71.1. The first-order valence-electron chi connectivity index (χ1n) is 41.0. The third-order valence-electron chi connectivity index (χ3n) is 18.8. The summed E-state index contributed by atoms with van der Waals surface area (Å²) in [5.41, 5.74) is 0. The number of esters is 4. The van der Waals surface area contributed by atoms with E-state index in [4.69, 9.17) is 37.0 Å². The molecule has 0 aliphatic rings. The van der Waals surface area contributed by atoms with Crippen molar-refractivity contribution in [2.75, 3.05) is 39.6 Å². The maximum absolute atomic E-state index is 13.1. The first kappa shape index (κ1) is 96.1. The second-order valence-electron chi connectivity index (χ2n) is 29.2. The molecule has 0 aromatic rings. The minimum absolute atomic E-state index is 0.106. The van der Waals surface area contributed by atoms with Crippen molar-refractivity contribution in [1.29, 1.82) is 0 Å². The van der Waals surface area contributed by atoms with E-state index in [2.05, 4.69) is 41.5 Å². The molecule has 0 radical (unpaired) electrons. The highest BCUT2D eigenvalue weighted by Crippen LogP contribution is 2.45. The maximum Gasteiger partial charge on any atom is 0.472 e. The molecule has 0 heterocycles. The Balaban J connectivity index is 5.23. The average molecular weight is 1440 g/mol. The van der Waals surface area contributed by atoms with Gasteiger partial charge in [0, 0.05) is 25.7 Å². The average Bonchev–Trinajstić information content (AvgIpc) is 0.938. The van der Waals surface area contributed by atoms with Crippen molar-refractivity contribution in [3.63, 3.8) is 0 Å². The maximum atomic E-state index is 13.1. The number of rotatable bonds is 78. The number of phosphoric acid groups is 2. The topological polar surface area (TPSA) is 237 Å². The van der Waals surface area contributed by atoms with Crippen molar-refractivity contribution in [1.82, 2.24) is 0 Å². The Morgan fingerprint density at radius 3 is 0.776 bits per heavy atom. The fourth-order valence-electron chi connectivity index (χ4n) is 12.2. The predicted molar refractivity (Wildman–Crippen MR) is 400 cm³/mol. The molecule has 0 rings (SSSR count). The van der Waals surface area contributed by atoms with E-state index >= 15 is 0 Å². The van der Waals surface area contributed by atoms with Gasteiger partial charge < -0.3 is 33.8 Å². The van der Waals surface area contributed by atoms with Gasteiger partial charge in [0.1, 0.15) is 19.3 Å². The lowest BCUT2D eigenvalue weighted by molar-refractivity contribution is -0.161. The first-order valence-corrected chi connectivity index (χ1v) is 44.0. The lowest BCUT2D eigenvalue weighted by Crippen LogP contribution is -2.30. The molecule has 0 bridgehead atoms. The van der Waals surface area contributed by atoms with Gasteiger partial charge >= 0.3 is 39.5 Å². The Morgan fingerprint density at radius 1 is 0.296 bits per heavy atom. The van der Waals surface area contributed by atoms with E-state index < -0.39 is 97.5 Å². The number of hydrogen-bond donors (Lipinski definition) is 3. The van der Waals surface area contributed by atoms with E-state index in [1.54, 1.807) is 0 Å². The summed E-state index contributed by atoms with van der Waals surface area (Å²) in [7, 11) is -9.91. The SMILES string of the molecule is CCCCCCCCCCCCCCCCCCCCC(=O)OC[C@H](COP(=O)(O)OC[C@@H](O)COP(=O)(O)OC[C@@H](COC(=O)CCCCCCCCCCCC)OC(=O)CCCCCCCCCCCC(C)C)OC(=O)CCCCCCCCCCCCCCCCC(C)CC. The van der Waals surface area contributed by atoms with Crippen molar-refractivity contribution >= 4 is 39.5 Å². The largest absolute Gasteiger partial charge is 0.472 e. The van der Waals surface area contributed by atoms with Gasteiger partial charge in [-0.1, -0.05) is 363 Å². The molecular weight excluding hydrogens is 1280 g/mol. The van der Waals surface area contributed by atoms with E-state index in [-0.39, 0.29) is 25.7 Å². The van der Waals surface area contributed by atoms with Gasteiger partial charge in [-0.15, -0.1) is 0 Å². The summed E-state index contributed by atoms with van der Waals surface area (Å²) in [6, 6.07) is 0. The summed E-state index contributed by atoms with van der Waals surface area (Å²) >= 11 is 0. The molecule has 17 nitrogen and oxygen atoms in total. The van der Waals surface area contributed by atoms with Gasteiger partial charge in [0.25, 0.3) is 0 Å². The summed E-state index contributed by atoms with van der Waals surface area (Å²) in [6.07, 6.45) is 59.6. The van der Waals surface area contributed by atoms with Crippen LogP contribution in [-0.4, -0.2) is 96.7 Å². The number of unbranched alkanes of at least 4 members (excludes halogenated alkanes) is 47. The molecule has 0 aliphatic heterocycles. The van der Waals surface area contributed by atoms with Crippen LogP contribution in [0.25, 0.3) is 0 Å². The molecule has 582 valence electrons. The first-order chi connectivity index (χ1) is 47.4. The van der Waals surface area contributed by atoms with E-state index in [9.17, 15) is 43.2 Å². The van der Waals surface area contributed by atoms with E-state index in [1.807, 2.05) is 0 Å². The van der Waals surface area contributed by atoms with Crippen LogP contribution in [0.2, 0.25) is 0 Å². The third-order valence-corrected chi connectivity index (χ3v) is 20.7.